The average molecular weight is 755 g/mol. The van der Waals surface area contributed by atoms with Crippen LogP contribution in [0.15, 0.2) is 211 Å². The van der Waals surface area contributed by atoms with Crippen LogP contribution in [0.4, 0.5) is 0 Å². The van der Waals surface area contributed by atoms with E-state index in [2.05, 4.69) is 194 Å². The maximum absolute atomic E-state index is 6.35. The van der Waals surface area contributed by atoms with Crippen LogP contribution in [0.1, 0.15) is 0 Å². The normalized spacial score (nSPS) is 13.0. The van der Waals surface area contributed by atoms with Crippen molar-refractivity contribution in [1.29, 1.82) is 0 Å². The van der Waals surface area contributed by atoms with E-state index in [4.69, 9.17) is 14.4 Å². The summed E-state index contributed by atoms with van der Waals surface area (Å²) in [6.07, 6.45) is 0. The van der Waals surface area contributed by atoms with Crippen LogP contribution in [0.3, 0.4) is 0 Å². The Morgan fingerprint density at radius 2 is 0.897 bits per heavy atom. The number of hydrogen-bond donors (Lipinski definition) is 0. The van der Waals surface area contributed by atoms with Gasteiger partial charge in [-0.05, 0) is 55.6 Å². The van der Waals surface area contributed by atoms with Crippen molar-refractivity contribution in [1.82, 2.24) is 9.97 Å². The van der Waals surface area contributed by atoms with Crippen LogP contribution in [0.2, 0.25) is 0 Å². The fourth-order valence-corrected chi connectivity index (χ4v) is 14.7. The largest absolute Gasteiger partial charge is 0.455 e. The van der Waals surface area contributed by atoms with Crippen molar-refractivity contribution >= 4 is 72.6 Å². The van der Waals surface area contributed by atoms with Gasteiger partial charge >= 0.3 is 0 Å². The van der Waals surface area contributed by atoms with Crippen LogP contribution < -0.4 is 20.7 Å². The van der Waals surface area contributed by atoms with E-state index in [0.717, 1.165) is 77.4 Å². The van der Waals surface area contributed by atoms with Gasteiger partial charge in [0.1, 0.15) is 11.2 Å². The summed E-state index contributed by atoms with van der Waals surface area (Å²) in [7, 11) is -2.63. The Balaban J connectivity index is 0.972. The van der Waals surface area contributed by atoms with E-state index in [9.17, 15) is 0 Å². The van der Waals surface area contributed by atoms with Gasteiger partial charge in [-0.3, -0.25) is 0 Å². The molecule has 58 heavy (non-hydrogen) atoms. The molecule has 0 spiro atoms. The van der Waals surface area contributed by atoms with E-state index in [-0.39, 0.29) is 0 Å². The average Bonchev–Trinajstić information content (AvgIpc) is 3.83. The van der Waals surface area contributed by atoms with Gasteiger partial charge in [0.15, 0.2) is 8.07 Å². The molecule has 4 heterocycles. The van der Waals surface area contributed by atoms with Crippen molar-refractivity contribution in [2.45, 2.75) is 0 Å². The Morgan fingerprint density at radius 1 is 0.362 bits per heavy atom. The van der Waals surface area contributed by atoms with Crippen LogP contribution in [0, 0.1) is 0 Å². The molecule has 4 heteroatoms. The maximum Gasteiger partial charge on any atom is 0.180 e. The van der Waals surface area contributed by atoms with E-state index in [1.807, 2.05) is 12.1 Å². The molecule has 3 nitrogen and oxygen atoms in total. The summed E-state index contributed by atoms with van der Waals surface area (Å²) in [5.74, 6) is 0. The molecule has 0 N–H and O–H groups in total. The number of hydrogen-bond acceptors (Lipinski definition) is 3. The highest BCUT2D eigenvalue weighted by Crippen LogP contribution is 2.37. The highest BCUT2D eigenvalue weighted by Gasteiger charge is 2.48. The first-order chi connectivity index (χ1) is 28.7. The van der Waals surface area contributed by atoms with Gasteiger partial charge < -0.3 is 4.42 Å². The summed E-state index contributed by atoms with van der Waals surface area (Å²) in [6, 6.07) is 74.6. The first-order valence-corrected chi connectivity index (χ1v) is 21.8. The molecule has 1 aliphatic rings. The molecule has 0 fully saturated rings. The summed E-state index contributed by atoms with van der Waals surface area (Å²) >= 11 is 0. The van der Waals surface area contributed by atoms with Gasteiger partial charge in [0.2, 0.25) is 0 Å². The Kier molecular flexibility index (Phi) is 7.25. The smallest absolute Gasteiger partial charge is 0.180 e. The molecule has 0 saturated heterocycles. The summed E-state index contributed by atoms with van der Waals surface area (Å²) in [5.41, 5.74) is 12.5. The molecule has 270 valence electrons. The SMILES string of the molecule is c1ccc([Si]2(c3ccccc3)c3ccccc3-c3ccc(-c4ccc5ccc6ccc(-c7ccc(-c8cccc9c8oc8ccccc89)cc7)nc6c5n4)cc32)cc1. The quantitative estimate of drug-likeness (QED) is 0.130. The molecule has 8 aromatic carbocycles. The number of aromatic nitrogens is 2. The van der Waals surface area contributed by atoms with Crippen LogP contribution in [0.25, 0.3) is 88.5 Å². The zero-order valence-corrected chi connectivity index (χ0v) is 32.4. The highest BCUT2D eigenvalue weighted by atomic mass is 28.3. The number of benzene rings is 8. The molecule has 0 amide bonds. The fourth-order valence-electron chi connectivity index (χ4n) is 9.49. The topological polar surface area (TPSA) is 38.9 Å². The lowest BCUT2D eigenvalue weighted by atomic mass is 10.00. The molecule has 0 saturated carbocycles. The lowest BCUT2D eigenvalue weighted by Crippen LogP contribution is -2.72. The minimum Gasteiger partial charge on any atom is -0.455 e. The summed E-state index contributed by atoms with van der Waals surface area (Å²) in [6.45, 7) is 0. The molecule has 12 rings (SSSR count). The second-order valence-corrected chi connectivity index (χ2v) is 19.0. The minimum absolute atomic E-state index is 0.902. The number of nitrogens with zero attached hydrogens (tertiary/aromatic N) is 2. The molecule has 0 bridgehead atoms. The van der Waals surface area contributed by atoms with Crippen molar-refractivity contribution in [2.75, 3.05) is 0 Å². The third-order valence-corrected chi connectivity index (χ3v) is 17.0. The standard InChI is InChI=1S/C54H34N2OSi/c1-3-12-40(13-4-1)58(41-14-5-2-6-15-41)50-21-10-8-17-44(50)45-31-28-39(34-51(45)58)48-33-30-38-27-26-37-29-32-47(55-52(37)53(38)56-48)36-24-22-35(23-25-36)42-18-11-19-46-43-16-7-9-20-49(43)57-54(42)46/h1-34H. The minimum atomic E-state index is -2.63. The molecule has 0 unspecified atom stereocenters. The van der Waals surface area contributed by atoms with Gasteiger partial charge in [-0.1, -0.05) is 188 Å². The fraction of sp³-hybridized carbons (Fsp3) is 0. The summed E-state index contributed by atoms with van der Waals surface area (Å²) in [4.78, 5) is 10.7. The van der Waals surface area contributed by atoms with E-state index in [0.29, 0.717) is 0 Å². The predicted molar refractivity (Wildman–Crippen MR) is 243 cm³/mol. The molecule has 0 atom stereocenters. The third-order valence-electron chi connectivity index (χ3n) is 12.2. The Labute approximate surface area is 336 Å². The van der Waals surface area contributed by atoms with E-state index in [1.165, 1.54) is 31.9 Å². The van der Waals surface area contributed by atoms with Gasteiger partial charge in [0.25, 0.3) is 0 Å². The van der Waals surface area contributed by atoms with Crippen molar-refractivity contribution < 1.29 is 4.42 Å². The van der Waals surface area contributed by atoms with Gasteiger partial charge in [0.05, 0.1) is 22.4 Å². The predicted octanol–water partition coefficient (Wildman–Crippen LogP) is 11.0. The molecule has 3 aromatic heterocycles. The molecule has 1 aliphatic heterocycles. The molecular weight excluding hydrogens is 721 g/mol. The van der Waals surface area contributed by atoms with Gasteiger partial charge in [-0.2, -0.15) is 0 Å². The van der Waals surface area contributed by atoms with Crippen LogP contribution in [0.5, 0.6) is 0 Å². The van der Waals surface area contributed by atoms with Crippen molar-refractivity contribution in [3.8, 4) is 44.8 Å². The number of rotatable bonds is 5. The lowest BCUT2D eigenvalue weighted by Gasteiger charge is -2.31. The van der Waals surface area contributed by atoms with Crippen molar-refractivity contribution in [3.63, 3.8) is 0 Å². The zero-order chi connectivity index (χ0) is 38.2. The van der Waals surface area contributed by atoms with Crippen LogP contribution in [-0.4, -0.2) is 18.0 Å². The van der Waals surface area contributed by atoms with E-state index < -0.39 is 8.07 Å². The van der Waals surface area contributed by atoms with Gasteiger partial charge in [0, 0.05) is 38.2 Å². The first-order valence-electron chi connectivity index (χ1n) is 19.8. The van der Waals surface area contributed by atoms with Crippen LogP contribution >= 0.6 is 0 Å². The molecular formula is C54H34N2OSi. The summed E-state index contributed by atoms with van der Waals surface area (Å²) < 4.78 is 6.35. The van der Waals surface area contributed by atoms with Gasteiger partial charge in [-0.25, -0.2) is 9.97 Å². The third kappa shape index (κ3) is 4.85. The lowest BCUT2D eigenvalue weighted by molar-refractivity contribution is 0.670. The highest BCUT2D eigenvalue weighted by molar-refractivity contribution is 7.22. The zero-order valence-electron chi connectivity index (χ0n) is 31.4. The molecule has 11 aromatic rings. The van der Waals surface area contributed by atoms with Crippen molar-refractivity contribution in [3.05, 3.63) is 206 Å². The number of fused-ring (bicyclic) bond motifs is 9. The monoisotopic (exact) mass is 754 g/mol. The number of para-hydroxylation sites is 2. The van der Waals surface area contributed by atoms with Gasteiger partial charge in [-0.15, -0.1) is 0 Å². The molecule has 0 aliphatic carbocycles. The van der Waals surface area contributed by atoms with Crippen molar-refractivity contribution in [2.24, 2.45) is 0 Å². The Hall–Kier alpha value is -7.40. The maximum atomic E-state index is 6.35. The first kappa shape index (κ1) is 32.8. The van der Waals surface area contributed by atoms with Crippen LogP contribution in [-0.2, 0) is 0 Å². The Morgan fingerprint density at radius 3 is 1.62 bits per heavy atom. The molecule has 0 radical (unpaired) electrons. The number of pyridine rings is 2. The van der Waals surface area contributed by atoms with E-state index in [1.54, 1.807) is 0 Å². The second-order valence-electron chi connectivity index (χ2n) is 15.2. The van der Waals surface area contributed by atoms with E-state index >= 15 is 0 Å². The number of furan rings is 1. The Bertz CT molecular complexity index is 3350. The second kappa shape index (κ2) is 12.8. The summed E-state index contributed by atoms with van der Waals surface area (Å²) in [5, 5.41) is 10.0.